The van der Waals surface area contributed by atoms with Crippen molar-refractivity contribution in [1.29, 1.82) is 0 Å². The summed E-state index contributed by atoms with van der Waals surface area (Å²) < 4.78 is 0. The second kappa shape index (κ2) is 6.61. The van der Waals surface area contributed by atoms with Gasteiger partial charge in [0.15, 0.2) is 0 Å². The number of carbonyl (C=O) groups is 2. The lowest BCUT2D eigenvalue weighted by Gasteiger charge is -2.60. The van der Waals surface area contributed by atoms with Gasteiger partial charge in [-0.2, -0.15) is 0 Å². The number of aromatic nitrogens is 2. The molecule has 142 valence electrons. The molecule has 0 aromatic carbocycles. The van der Waals surface area contributed by atoms with Gasteiger partial charge >= 0.3 is 0 Å². The Bertz CT molecular complexity index is 693. The number of hydrogen-bond acceptors (Lipinski definition) is 5. The number of hydrogen-bond donors (Lipinski definition) is 1. The Hall–Kier alpha value is -2.02. The highest BCUT2D eigenvalue weighted by Crippen LogP contribution is 2.50. The lowest BCUT2D eigenvalue weighted by molar-refractivity contribution is -0.189. The number of likely N-dealkylation sites (tertiary alicyclic amines) is 2. The third kappa shape index (κ3) is 2.52. The molecule has 0 aliphatic carbocycles. The van der Waals surface area contributed by atoms with E-state index in [1.807, 2.05) is 27.7 Å². The average Bonchev–Trinajstić information content (AvgIpc) is 2.98. The summed E-state index contributed by atoms with van der Waals surface area (Å²) in [6.07, 6.45) is 5.39. The summed E-state index contributed by atoms with van der Waals surface area (Å²) in [6, 6.07) is -0.715. The fraction of sp³-hybridized carbons (Fsp3) is 0.684. The first kappa shape index (κ1) is 18.8. The summed E-state index contributed by atoms with van der Waals surface area (Å²) in [6.45, 7) is 9.35. The molecule has 1 N–H and O–H groups in total. The van der Waals surface area contributed by atoms with E-state index in [4.69, 9.17) is 0 Å². The van der Waals surface area contributed by atoms with E-state index in [0.29, 0.717) is 12.1 Å². The molecule has 5 atom stereocenters. The largest absolute Gasteiger partial charge is 0.391 e. The molecule has 7 nitrogen and oxygen atoms in total. The Kier molecular flexibility index (Phi) is 4.77. The van der Waals surface area contributed by atoms with Crippen LogP contribution in [0.5, 0.6) is 0 Å². The predicted molar refractivity (Wildman–Crippen MR) is 95.9 cm³/mol. The Morgan fingerprint density at radius 3 is 2.50 bits per heavy atom. The van der Waals surface area contributed by atoms with Crippen LogP contribution in [0.2, 0.25) is 0 Å². The quantitative estimate of drug-likeness (QED) is 0.823. The molecule has 1 spiro atoms. The first-order chi connectivity index (χ1) is 12.2. The van der Waals surface area contributed by atoms with E-state index in [1.165, 1.54) is 0 Å². The van der Waals surface area contributed by atoms with Gasteiger partial charge in [0.05, 0.1) is 24.0 Å². The summed E-state index contributed by atoms with van der Waals surface area (Å²) in [5.74, 6) is -0.239. The van der Waals surface area contributed by atoms with Crippen LogP contribution in [0.1, 0.15) is 59.2 Å². The number of nitrogens with zero attached hydrogens (tertiary/aromatic N) is 4. The first-order valence-corrected chi connectivity index (χ1v) is 9.33. The van der Waals surface area contributed by atoms with Crippen molar-refractivity contribution in [2.45, 2.75) is 77.2 Å². The van der Waals surface area contributed by atoms with Crippen molar-refractivity contribution in [3.8, 4) is 0 Å². The van der Waals surface area contributed by atoms with Crippen molar-refractivity contribution < 1.29 is 14.7 Å². The smallest absolute Gasteiger partial charge is 0.251 e. The topological polar surface area (TPSA) is 86.6 Å². The molecule has 3 rings (SSSR count). The number of amides is 2. The highest BCUT2D eigenvalue weighted by atomic mass is 16.3. The minimum Gasteiger partial charge on any atom is -0.391 e. The molecular formula is C19H28N4O3. The molecule has 0 saturated carbocycles. The zero-order valence-electron chi connectivity index (χ0n) is 16.1. The van der Waals surface area contributed by atoms with E-state index in [2.05, 4.69) is 9.97 Å². The molecule has 5 unspecified atom stereocenters. The van der Waals surface area contributed by atoms with E-state index in [0.717, 1.165) is 6.42 Å². The summed E-state index contributed by atoms with van der Waals surface area (Å²) in [7, 11) is 0. The Morgan fingerprint density at radius 1 is 1.31 bits per heavy atom. The Morgan fingerprint density at radius 2 is 2.00 bits per heavy atom. The van der Waals surface area contributed by atoms with Gasteiger partial charge in [-0.15, -0.1) is 0 Å². The normalized spacial score (nSPS) is 30.7. The molecule has 2 saturated heterocycles. The van der Waals surface area contributed by atoms with Crippen molar-refractivity contribution in [3.63, 3.8) is 0 Å². The van der Waals surface area contributed by atoms with Crippen molar-refractivity contribution in [2.24, 2.45) is 5.92 Å². The third-order valence-electron chi connectivity index (χ3n) is 5.90. The van der Waals surface area contributed by atoms with Gasteiger partial charge in [0.25, 0.3) is 5.91 Å². The fourth-order valence-corrected chi connectivity index (χ4v) is 4.58. The Labute approximate surface area is 154 Å². The maximum Gasteiger partial charge on any atom is 0.251 e. The van der Waals surface area contributed by atoms with Crippen LogP contribution in [0.15, 0.2) is 18.6 Å². The van der Waals surface area contributed by atoms with Crippen LogP contribution in [0.25, 0.3) is 0 Å². The SMILES string of the molecule is CC(C)C(=O)N1C(C)CCC12C(=O)N(C(c1cnccn1)C(C)O)C2C. The van der Waals surface area contributed by atoms with E-state index >= 15 is 0 Å². The number of aliphatic hydroxyl groups excluding tert-OH is 1. The third-order valence-corrected chi connectivity index (χ3v) is 5.90. The van der Waals surface area contributed by atoms with Gasteiger partial charge in [-0.3, -0.25) is 19.6 Å². The lowest BCUT2D eigenvalue weighted by Crippen LogP contribution is -2.79. The molecular weight excluding hydrogens is 332 g/mol. The van der Waals surface area contributed by atoms with Gasteiger partial charge in [-0.1, -0.05) is 13.8 Å². The molecule has 2 aliphatic rings. The van der Waals surface area contributed by atoms with Gasteiger partial charge in [-0.05, 0) is 33.6 Å². The molecule has 1 aromatic rings. The zero-order chi connectivity index (χ0) is 19.2. The van der Waals surface area contributed by atoms with E-state index in [9.17, 15) is 14.7 Å². The van der Waals surface area contributed by atoms with Crippen LogP contribution in [-0.4, -0.2) is 60.4 Å². The lowest BCUT2D eigenvalue weighted by atomic mass is 9.75. The molecule has 2 aliphatic heterocycles. The minimum absolute atomic E-state index is 0.0166. The van der Waals surface area contributed by atoms with Crippen LogP contribution in [0.4, 0.5) is 0 Å². The van der Waals surface area contributed by atoms with Crippen LogP contribution in [0.3, 0.4) is 0 Å². The first-order valence-electron chi connectivity index (χ1n) is 9.33. The van der Waals surface area contributed by atoms with Crippen LogP contribution in [0, 0.1) is 5.92 Å². The van der Waals surface area contributed by atoms with Gasteiger partial charge in [-0.25, -0.2) is 0 Å². The number of rotatable bonds is 4. The highest BCUT2D eigenvalue weighted by Gasteiger charge is 2.68. The molecule has 0 radical (unpaired) electrons. The monoisotopic (exact) mass is 360 g/mol. The van der Waals surface area contributed by atoms with Gasteiger partial charge in [0.2, 0.25) is 5.91 Å². The minimum atomic E-state index is -0.796. The van der Waals surface area contributed by atoms with Crippen molar-refractivity contribution >= 4 is 11.8 Å². The molecule has 2 amide bonds. The van der Waals surface area contributed by atoms with E-state index in [-0.39, 0.29) is 29.8 Å². The molecule has 1 aromatic heterocycles. The van der Waals surface area contributed by atoms with Crippen molar-refractivity contribution in [2.75, 3.05) is 0 Å². The predicted octanol–water partition coefficient (Wildman–Crippen LogP) is 1.53. The Balaban J connectivity index is 1.95. The number of aliphatic hydroxyl groups is 1. The second-order valence-electron chi connectivity index (χ2n) is 7.88. The average molecular weight is 360 g/mol. The van der Waals surface area contributed by atoms with E-state index in [1.54, 1.807) is 35.3 Å². The fourth-order valence-electron chi connectivity index (χ4n) is 4.58. The maximum absolute atomic E-state index is 13.4. The number of β-lactam (4-membered cyclic amide) rings is 1. The molecule has 0 bridgehead atoms. The summed E-state index contributed by atoms with van der Waals surface area (Å²) >= 11 is 0. The highest BCUT2D eigenvalue weighted by molar-refractivity contribution is 5.99. The van der Waals surface area contributed by atoms with Gasteiger partial charge < -0.3 is 14.9 Å². The molecule has 7 heteroatoms. The standard InChI is InChI=1S/C19H28N4O3/c1-11(2)17(25)23-12(3)6-7-19(23)14(5)22(18(19)26)16(13(4)24)15-10-20-8-9-21-15/h8-14,16,24H,6-7H2,1-5H3. The van der Waals surface area contributed by atoms with E-state index < -0.39 is 17.7 Å². The molecule has 2 fully saturated rings. The molecule has 26 heavy (non-hydrogen) atoms. The summed E-state index contributed by atoms with van der Waals surface area (Å²) in [5.41, 5.74) is -0.235. The summed E-state index contributed by atoms with van der Waals surface area (Å²) in [5, 5.41) is 10.3. The van der Waals surface area contributed by atoms with Crippen LogP contribution in [-0.2, 0) is 9.59 Å². The van der Waals surface area contributed by atoms with Gasteiger partial charge in [0.1, 0.15) is 11.6 Å². The second-order valence-corrected chi connectivity index (χ2v) is 7.88. The number of carbonyl (C=O) groups excluding carboxylic acids is 2. The molecule has 3 heterocycles. The zero-order valence-corrected chi connectivity index (χ0v) is 16.1. The van der Waals surface area contributed by atoms with Crippen LogP contribution >= 0.6 is 0 Å². The van der Waals surface area contributed by atoms with Crippen LogP contribution < -0.4 is 0 Å². The summed E-state index contributed by atoms with van der Waals surface area (Å²) in [4.78, 5) is 38.0. The maximum atomic E-state index is 13.4. The van der Waals surface area contributed by atoms with Crippen molar-refractivity contribution in [3.05, 3.63) is 24.3 Å². The van der Waals surface area contributed by atoms with Gasteiger partial charge in [0, 0.05) is 24.4 Å². The van der Waals surface area contributed by atoms with Crippen molar-refractivity contribution in [1.82, 2.24) is 19.8 Å².